The van der Waals surface area contributed by atoms with Crippen LogP contribution in [-0.4, -0.2) is 31.1 Å². The van der Waals surface area contributed by atoms with E-state index in [0.717, 1.165) is 5.56 Å². The Morgan fingerprint density at radius 2 is 2.16 bits per heavy atom. The summed E-state index contributed by atoms with van der Waals surface area (Å²) in [5.41, 5.74) is 2.81. The summed E-state index contributed by atoms with van der Waals surface area (Å²) in [6.45, 7) is 0.0222. The number of likely N-dealkylation sites (N-methyl/N-ethyl adjacent to an activating group) is 1. The number of benzene rings is 2. The first-order valence-corrected chi connectivity index (χ1v) is 8.87. The van der Waals surface area contributed by atoms with Crippen molar-refractivity contribution in [3.8, 4) is 11.8 Å². The minimum Gasteiger partial charge on any atom is -0.482 e. The summed E-state index contributed by atoms with van der Waals surface area (Å²) in [4.78, 5) is 25.6. The predicted molar refractivity (Wildman–Crippen MR) is 97.0 cm³/mol. The number of Topliss-reactive ketones (excluding diaryl/α,β-unsaturated/α-hetero) is 1. The van der Waals surface area contributed by atoms with Gasteiger partial charge in [-0.05, 0) is 35.9 Å². The molecule has 0 spiro atoms. The minimum absolute atomic E-state index is 0.00402. The molecular weight excluding hydrogens is 336 g/mol. The molecule has 6 heteroatoms. The quantitative estimate of drug-likeness (QED) is 0.774. The monoisotopic (exact) mass is 352 g/mol. The van der Waals surface area contributed by atoms with Crippen LogP contribution in [0, 0.1) is 11.3 Å². The standard InChI is InChI=1S/C19H16N2O3S/c1-21-16-8-15(5-6-18(16)24-10-19(21)23)17(22)12-25-11-14-4-2-3-13(7-14)9-20/h2-8H,10-12H2,1H3. The second-order valence-corrected chi connectivity index (χ2v) is 6.64. The molecule has 2 aromatic carbocycles. The smallest absolute Gasteiger partial charge is 0.264 e. The zero-order chi connectivity index (χ0) is 17.8. The van der Waals surface area contributed by atoms with Gasteiger partial charge in [-0.15, -0.1) is 11.8 Å². The van der Waals surface area contributed by atoms with Gasteiger partial charge in [-0.25, -0.2) is 0 Å². The molecule has 1 aliphatic rings. The molecule has 0 bridgehead atoms. The molecule has 0 radical (unpaired) electrons. The van der Waals surface area contributed by atoms with Crippen LogP contribution in [0.25, 0.3) is 0 Å². The van der Waals surface area contributed by atoms with Crippen molar-refractivity contribution in [2.45, 2.75) is 5.75 Å². The van der Waals surface area contributed by atoms with Crippen LogP contribution in [0.5, 0.6) is 5.75 Å². The number of thioether (sulfide) groups is 1. The number of carbonyl (C=O) groups is 2. The highest BCUT2D eigenvalue weighted by Crippen LogP contribution is 2.32. The number of fused-ring (bicyclic) bond motifs is 1. The second-order valence-electron chi connectivity index (χ2n) is 5.65. The fourth-order valence-corrected chi connectivity index (χ4v) is 3.39. The van der Waals surface area contributed by atoms with Crippen molar-refractivity contribution in [3.63, 3.8) is 0 Å². The van der Waals surface area contributed by atoms with Gasteiger partial charge in [0, 0.05) is 18.4 Å². The van der Waals surface area contributed by atoms with Gasteiger partial charge in [-0.3, -0.25) is 9.59 Å². The number of anilines is 1. The molecule has 2 aromatic rings. The zero-order valence-corrected chi connectivity index (χ0v) is 14.5. The van der Waals surface area contributed by atoms with Gasteiger partial charge in [-0.2, -0.15) is 5.26 Å². The molecular formula is C19H16N2O3S. The van der Waals surface area contributed by atoms with Crippen LogP contribution in [-0.2, 0) is 10.5 Å². The molecule has 126 valence electrons. The van der Waals surface area contributed by atoms with Crippen molar-refractivity contribution in [1.29, 1.82) is 5.26 Å². The van der Waals surface area contributed by atoms with Crippen LogP contribution in [0.4, 0.5) is 5.69 Å². The van der Waals surface area contributed by atoms with Gasteiger partial charge < -0.3 is 9.64 Å². The molecule has 1 amide bonds. The number of hydrogen-bond acceptors (Lipinski definition) is 5. The average Bonchev–Trinajstić information content (AvgIpc) is 2.64. The highest BCUT2D eigenvalue weighted by molar-refractivity contribution is 7.99. The van der Waals surface area contributed by atoms with Gasteiger partial charge in [0.15, 0.2) is 12.4 Å². The topological polar surface area (TPSA) is 70.4 Å². The highest BCUT2D eigenvalue weighted by Gasteiger charge is 2.23. The van der Waals surface area contributed by atoms with E-state index in [0.29, 0.717) is 34.1 Å². The number of carbonyl (C=O) groups excluding carboxylic acids is 2. The van der Waals surface area contributed by atoms with E-state index in [1.165, 1.54) is 16.7 Å². The number of hydrogen-bond donors (Lipinski definition) is 0. The van der Waals surface area contributed by atoms with Gasteiger partial charge in [0.1, 0.15) is 5.75 Å². The molecule has 0 N–H and O–H groups in total. The van der Waals surface area contributed by atoms with Crippen molar-refractivity contribution in [2.75, 3.05) is 24.3 Å². The number of ether oxygens (including phenoxy) is 1. The first kappa shape index (κ1) is 17.1. The predicted octanol–water partition coefficient (Wildman–Crippen LogP) is 3.03. The van der Waals surface area contributed by atoms with Crippen molar-refractivity contribution in [1.82, 2.24) is 0 Å². The molecule has 25 heavy (non-hydrogen) atoms. The fraction of sp³-hybridized carbons (Fsp3) is 0.211. The lowest BCUT2D eigenvalue weighted by Gasteiger charge is -2.26. The molecule has 1 aliphatic heterocycles. The Balaban J connectivity index is 1.64. The highest BCUT2D eigenvalue weighted by atomic mass is 32.2. The van der Waals surface area contributed by atoms with Gasteiger partial charge >= 0.3 is 0 Å². The normalized spacial score (nSPS) is 13.0. The third kappa shape index (κ3) is 3.83. The molecule has 0 saturated carbocycles. The number of nitriles is 1. The Morgan fingerprint density at radius 1 is 1.32 bits per heavy atom. The molecule has 0 fully saturated rings. The van der Waals surface area contributed by atoms with E-state index in [4.69, 9.17) is 10.00 Å². The van der Waals surface area contributed by atoms with Crippen molar-refractivity contribution < 1.29 is 14.3 Å². The lowest BCUT2D eigenvalue weighted by molar-refractivity contribution is -0.120. The van der Waals surface area contributed by atoms with E-state index in [-0.39, 0.29) is 18.3 Å². The first-order valence-electron chi connectivity index (χ1n) is 7.72. The number of amides is 1. The Labute approximate surface area is 150 Å². The number of rotatable bonds is 5. The molecule has 0 aliphatic carbocycles. The van der Waals surface area contributed by atoms with E-state index in [2.05, 4.69) is 6.07 Å². The number of nitrogens with zero attached hydrogens (tertiary/aromatic N) is 2. The average molecular weight is 352 g/mol. The third-order valence-corrected chi connectivity index (χ3v) is 4.93. The molecule has 1 heterocycles. The van der Waals surface area contributed by atoms with Crippen molar-refractivity contribution in [2.24, 2.45) is 0 Å². The van der Waals surface area contributed by atoms with Crippen LogP contribution in [0.2, 0.25) is 0 Å². The van der Waals surface area contributed by atoms with E-state index in [1.54, 1.807) is 31.3 Å². The SMILES string of the molecule is CN1C(=O)COc2ccc(C(=O)CSCc3cccc(C#N)c3)cc21. The number of ketones is 1. The largest absolute Gasteiger partial charge is 0.482 e. The molecule has 5 nitrogen and oxygen atoms in total. The zero-order valence-electron chi connectivity index (χ0n) is 13.7. The molecule has 0 unspecified atom stereocenters. The van der Waals surface area contributed by atoms with Gasteiger partial charge in [0.05, 0.1) is 23.1 Å². The van der Waals surface area contributed by atoms with Crippen LogP contribution in [0.1, 0.15) is 21.5 Å². The maximum absolute atomic E-state index is 12.4. The summed E-state index contributed by atoms with van der Waals surface area (Å²) in [6.07, 6.45) is 0. The molecule has 0 aromatic heterocycles. The van der Waals surface area contributed by atoms with Crippen molar-refractivity contribution >= 4 is 29.1 Å². The molecule has 3 rings (SSSR count). The van der Waals surface area contributed by atoms with Crippen molar-refractivity contribution in [3.05, 3.63) is 59.2 Å². The van der Waals surface area contributed by atoms with Crippen LogP contribution < -0.4 is 9.64 Å². The molecule has 0 atom stereocenters. The summed E-state index contributed by atoms with van der Waals surface area (Å²) < 4.78 is 5.37. The van der Waals surface area contributed by atoms with Crippen LogP contribution in [0.15, 0.2) is 42.5 Å². The fourth-order valence-electron chi connectivity index (χ4n) is 2.52. The first-order chi connectivity index (χ1) is 12.1. The summed E-state index contributed by atoms with van der Waals surface area (Å²) in [5, 5.41) is 8.91. The maximum Gasteiger partial charge on any atom is 0.264 e. The van der Waals surface area contributed by atoms with Gasteiger partial charge in [-0.1, -0.05) is 12.1 Å². The summed E-state index contributed by atoms with van der Waals surface area (Å²) >= 11 is 1.50. The van der Waals surface area contributed by atoms with Gasteiger partial charge in [0.2, 0.25) is 0 Å². The van der Waals surface area contributed by atoms with Crippen LogP contribution in [0.3, 0.4) is 0 Å². The Bertz CT molecular complexity index is 873. The van der Waals surface area contributed by atoms with E-state index in [1.807, 2.05) is 18.2 Å². The minimum atomic E-state index is -0.135. The lowest BCUT2D eigenvalue weighted by atomic mass is 10.1. The van der Waals surface area contributed by atoms with E-state index < -0.39 is 0 Å². The third-order valence-electron chi connectivity index (χ3n) is 3.93. The van der Waals surface area contributed by atoms with Crippen LogP contribution >= 0.6 is 11.8 Å². The summed E-state index contributed by atoms with van der Waals surface area (Å²) in [6, 6.07) is 14.6. The Kier molecular flexibility index (Phi) is 5.05. The Morgan fingerprint density at radius 3 is 2.96 bits per heavy atom. The lowest BCUT2D eigenvalue weighted by Crippen LogP contribution is -2.35. The molecule has 0 saturated heterocycles. The van der Waals surface area contributed by atoms with E-state index >= 15 is 0 Å². The Hall–Kier alpha value is -2.78. The van der Waals surface area contributed by atoms with E-state index in [9.17, 15) is 9.59 Å². The summed E-state index contributed by atoms with van der Waals surface area (Å²) in [5.74, 6) is 1.46. The maximum atomic E-state index is 12.4. The summed E-state index contributed by atoms with van der Waals surface area (Å²) in [7, 11) is 1.68. The van der Waals surface area contributed by atoms with Gasteiger partial charge in [0.25, 0.3) is 5.91 Å². The second kappa shape index (κ2) is 7.41.